The van der Waals surface area contributed by atoms with E-state index in [0.29, 0.717) is 25.6 Å². The Labute approximate surface area is 96.1 Å². The first-order chi connectivity index (χ1) is 7.55. The Morgan fingerprint density at radius 1 is 1.25 bits per heavy atom. The summed E-state index contributed by atoms with van der Waals surface area (Å²) < 4.78 is 22.4. The summed E-state index contributed by atoms with van der Waals surface area (Å²) >= 11 is 0. The molecule has 0 aromatic carbocycles. The molecule has 1 saturated heterocycles. The second-order valence-corrected chi connectivity index (χ2v) is 6.98. The predicted molar refractivity (Wildman–Crippen MR) is 60.8 cm³/mol. The van der Waals surface area contributed by atoms with Crippen LogP contribution in [-0.4, -0.2) is 56.9 Å². The molecule has 0 aromatic rings. The molecular weight excluding hydrogens is 228 g/mol. The van der Waals surface area contributed by atoms with E-state index in [0.717, 1.165) is 6.54 Å². The van der Waals surface area contributed by atoms with Crippen LogP contribution >= 0.6 is 0 Å². The van der Waals surface area contributed by atoms with Crippen molar-refractivity contribution < 1.29 is 13.2 Å². The van der Waals surface area contributed by atoms with Crippen LogP contribution in [0.2, 0.25) is 0 Å². The maximum atomic E-state index is 11.5. The van der Waals surface area contributed by atoms with Crippen molar-refractivity contribution in [3.05, 3.63) is 0 Å². The van der Waals surface area contributed by atoms with Crippen LogP contribution in [0, 0.1) is 5.92 Å². The summed E-state index contributed by atoms with van der Waals surface area (Å²) in [6.07, 6.45) is 2.45. The first-order valence-electron chi connectivity index (χ1n) is 5.75. The van der Waals surface area contributed by atoms with Gasteiger partial charge in [0.2, 0.25) is 5.91 Å². The highest BCUT2D eigenvalue weighted by atomic mass is 32.2. The van der Waals surface area contributed by atoms with Crippen molar-refractivity contribution in [1.29, 1.82) is 0 Å². The summed E-state index contributed by atoms with van der Waals surface area (Å²) in [5.41, 5.74) is 0. The molecule has 92 valence electrons. The Bertz CT molecular complexity index is 348. The van der Waals surface area contributed by atoms with Gasteiger partial charge in [0.15, 0.2) is 9.84 Å². The molecule has 0 bridgehead atoms. The largest absolute Gasteiger partial charge is 0.355 e. The molecule has 0 atom stereocenters. The van der Waals surface area contributed by atoms with Gasteiger partial charge in [-0.3, -0.25) is 9.69 Å². The van der Waals surface area contributed by atoms with Crippen LogP contribution in [0.25, 0.3) is 0 Å². The molecule has 1 saturated carbocycles. The third-order valence-electron chi connectivity index (χ3n) is 3.09. The molecule has 2 fully saturated rings. The van der Waals surface area contributed by atoms with E-state index in [2.05, 4.69) is 5.32 Å². The number of amides is 1. The van der Waals surface area contributed by atoms with Crippen LogP contribution in [0.4, 0.5) is 0 Å². The van der Waals surface area contributed by atoms with Crippen molar-refractivity contribution >= 4 is 15.7 Å². The van der Waals surface area contributed by atoms with Gasteiger partial charge in [-0.2, -0.15) is 0 Å². The van der Waals surface area contributed by atoms with E-state index in [1.165, 1.54) is 12.8 Å². The summed E-state index contributed by atoms with van der Waals surface area (Å²) in [7, 11) is -2.84. The van der Waals surface area contributed by atoms with Gasteiger partial charge in [0.25, 0.3) is 0 Å². The Balaban J connectivity index is 1.67. The molecule has 0 spiro atoms. The number of rotatable bonds is 4. The first kappa shape index (κ1) is 11.9. The molecule has 0 radical (unpaired) electrons. The van der Waals surface area contributed by atoms with E-state index in [1.54, 1.807) is 0 Å². The fourth-order valence-electron chi connectivity index (χ4n) is 1.75. The number of sulfone groups is 1. The van der Waals surface area contributed by atoms with E-state index < -0.39 is 9.84 Å². The van der Waals surface area contributed by atoms with Crippen molar-refractivity contribution in [3.63, 3.8) is 0 Å². The van der Waals surface area contributed by atoms with E-state index in [4.69, 9.17) is 0 Å². The highest BCUT2D eigenvalue weighted by Crippen LogP contribution is 2.27. The van der Waals surface area contributed by atoms with Crippen molar-refractivity contribution in [2.75, 3.05) is 37.7 Å². The molecular formula is C10H18N2O3S. The third-order valence-corrected chi connectivity index (χ3v) is 4.70. The standard InChI is InChI=1S/C10H18N2O3S/c13-10(11-7-9-1-2-9)8-12-3-5-16(14,15)6-4-12/h9H,1-8H2,(H,11,13). The molecule has 2 aliphatic rings. The van der Waals surface area contributed by atoms with Gasteiger partial charge in [-0.25, -0.2) is 8.42 Å². The lowest BCUT2D eigenvalue weighted by molar-refractivity contribution is -0.122. The van der Waals surface area contributed by atoms with Crippen LogP contribution in [0.1, 0.15) is 12.8 Å². The van der Waals surface area contributed by atoms with Crippen LogP contribution in [0.3, 0.4) is 0 Å². The van der Waals surface area contributed by atoms with E-state index in [-0.39, 0.29) is 17.4 Å². The number of hydrogen-bond acceptors (Lipinski definition) is 4. The second-order valence-electron chi connectivity index (χ2n) is 4.68. The smallest absolute Gasteiger partial charge is 0.234 e. The number of carbonyl (C=O) groups excluding carboxylic acids is 1. The van der Waals surface area contributed by atoms with Gasteiger partial charge >= 0.3 is 0 Å². The topological polar surface area (TPSA) is 66.5 Å². The minimum Gasteiger partial charge on any atom is -0.355 e. The van der Waals surface area contributed by atoms with Crippen LogP contribution in [-0.2, 0) is 14.6 Å². The number of carbonyl (C=O) groups is 1. The van der Waals surface area contributed by atoms with Gasteiger partial charge in [-0.15, -0.1) is 0 Å². The van der Waals surface area contributed by atoms with E-state index in [1.807, 2.05) is 4.90 Å². The lowest BCUT2D eigenvalue weighted by Gasteiger charge is -2.25. The Hall–Kier alpha value is -0.620. The summed E-state index contributed by atoms with van der Waals surface area (Å²) in [5, 5.41) is 2.88. The summed E-state index contributed by atoms with van der Waals surface area (Å²) in [6.45, 7) is 2.09. The minimum atomic E-state index is -2.84. The summed E-state index contributed by atoms with van der Waals surface area (Å²) in [6, 6.07) is 0. The summed E-state index contributed by atoms with van der Waals surface area (Å²) in [5.74, 6) is 1.07. The lowest BCUT2D eigenvalue weighted by Crippen LogP contribution is -2.45. The Morgan fingerprint density at radius 2 is 1.88 bits per heavy atom. The zero-order chi connectivity index (χ0) is 11.6. The lowest BCUT2D eigenvalue weighted by atomic mass is 10.4. The molecule has 1 N–H and O–H groups in total. The van der Waals surface area contributed by atoms with Gasteiger partial charge in [0.1, 0.15) is 0 Å². The fraction of sp³-hybridized carbons (Fsp3) is 0.900. The molecule has 6 heteroatoms. The number of hydrogen-bond donors (Lipinski definition) is 1. The monoisotopic (exact) mass is 246 g/mol. The van der Waals surface area contributed by atoms with Gasteiger partial charge in [0.05, 0.1) is 18.1 Å². The second kappa shape index (κ2) is 4.71. The molecule has 16 heavy (non-hydrogen) atoms. The SMILES string of the molecule is O=C(CN1CCS(=O)(=O)CC1)NCC1CC1. The van der Waals surface area contributed by atoms with Crippen LogP contribution < -0.4 is 5.32 Å². The highest BCUT2D eigenvalue weighted by Gasteiger charge is 2.24. The van der Waals surface area contributed by atoms with Gasteiger partial charge in [0, 0.05) is 19.6 Å². The van der Waals surface area contributed by atoms with Gasteiger partial charge < -0.3 is 5.32 Å². The molecule has 0 unspecified atom stereocenters. The molecule has 1 aliphatic carbocycles. The molecule has 5 nitrogen and oxygen atoms in total. The average Bonchev–Trinajstić information content (AvgIpc) is 3.02. The zero-order valence-electron chi connectivity index (χ0n) is 9.31. The quantitative estimate of drug-likeness (QED) is 0.708. The number of nitrogens with zero attached hydrogens (tertiary/aromatic N) is 1. The minimum absolute atomic E-state index is 0.0196. The van der Waals surface area contributed by atoms with Crippen LogP contribution in [0.15, 0.2) is 0 Å². The predicted octanol–water partition coefficient (Wildman–Crippen LogP) is -0.757. The van der Waals surface area contributed by atoms with E-state index >= 15 is 0 Å². The Morgan fingerprint density at radius 3 is 2.44 bits per heavy atom. The maximum absolute atomic E-state index is 11.5. The molecule has 1 heterocycles. The third kappa shape index (κ3) is 3.75. The van der Waals surface area contributed by atoms with Crippen molar-refractivity contribution in [2.24, 2.45) is 5.92 Å². The normalized spacial score (nSPS) is 25.2. The highest BCUT2D eigenvalue weighted by molar-refractivity contribution is 7.91. The van der Waals surface area contributed by atoms with E-state index in [9.17, 15) is 13.2 Å². The van der Waals surface area contributed by atoms with Gasteiger partial charge in [-0.1, -0.05) is 0 Å². The Kier molecular flexibility index (Phi) is 3.49. The summed E-state index contributed by atoms with van der Waals surface area (Å²) in [4.78, 5) is 13.4. The number of nitrogens with one attached hydrogen (secondary N) is 1. The zero-order valence-corrected chi connectivity index (χ0v) is 10.1. The maximum Gasteiger partial charge on any atom is 0.234 e. The molecule has 0 aromatic heterocycles. The van der Waals surface area contributed by atoms with Crippen molar-refractivity contribution in [3.8, 4) is 0 Å². The molecule has 1 amide bonds. The van der Waals surface area contributed by atoms with Crippen molar-refractivity contribution in [1.82, 2.24) is 10.2 Å². The first-order valence-corrected chi connectivity index (χ1v) is 7.57. The molecule has 2 rings (SSSR count). The molecule has 1 aliphatic heterocycles. The van der Waals surface area contributed by atoms with Crippen LogP contribution in [0.5, 0.6) is 0 Å². The fourth-order valence-corrected chi connectivity index (χ4v) is 3.02. The average molecular weight is 246 g/mol. The van der Waals surface area contributed by atoms with Crippen molar-refractivity contribution in [2.45, 2.75) is 12.8 Å². The van der Waals surface area contributed by atoms with Gasteiger partial charge in [-0.05, 0) is 18.8 Å².